The van der Waals surface area contributed by atoms with E-state index < -0.39 is 10.0 Å². The molecule has 2 amide bonds. The molecule has 0 aliphatic rings. The highest BCUT2D eigenvalue weighted by molar-refractivity contribution is 7.89. The molecule has 0 saturated heterocycles. The molecule has 0 unspecified atom stereocenters. The average Bonchev–Trinajstić information content (AvgIpc) is 2.76. The molecular weight excluding hydrogens is 438 g/mol. The second-order valence-electron chi connectivity index (χ2n) is 8.37. The molecule has 8 heteroatoms. The lowest BCUT2D eigenvalue weighted by Gasteiger charge is -2.19. The topological polar surface area (TPSA) is 104 Å². The Hall–Kier alpha value is -2.71. The summed E-state index contributed by atoms with van der Waals surface area (Å²) in [6, 6.07) is 7.25. The molecule has 7 nitrogen and oxygen atoms in total. The summed E-state index contributed by atoms with van der Waals surface area (Å²) in [4.78, 5) is 24.1. The number of nitrogens with one attached hydrogen (secondary N) is 3. The first-order chi connectivity index (χ1) is 15.5. The van der Waals surface area contributed by atoms with Crippen LogP contribution in [0.3, 0.4) is 0 Å². The van der Waals surface area contributed by atoms with E-state index in [1.165, 1.54) is 0 Å². The summed E-state index contributed by atoms with van der Waals surface area (Å²) in [6.45, 7) is 11.8. The SMILES string of the molecule is CCCC(=O)Nc1ccc(CNC(=O)CCNS(=O)(=O)c2c(C)c(C)c(C)c(C)c2C)cc1. The van der Waals surface area contributed by atoms with E-state index in [0.29, 0.717) is 23.5 Å². The van der Waals surface area contributed by atoms with Crippen molar-refractivity contribution in [1.29, 1.82) is 0 Å². The predicted octanol–water partition coefficient (Wildman–Crippen LogP) is 3.95. The normalized spacial score (nSPS) is 11.3. The van der Waals surface area contributed by atoms with Gasteiger partial charge in [-0.15, -0.1) is 0 Å². The van der Waals surface area contributed by atoms with Crippen molar-refractivity contribution >= 4 is 27.5 Å². The first-order valence-electron chi connectivity index (χ1n) is 11.2. The van der Waals surface area contributed by atoms with E-state index in [-0.39, 0.29) is 24.8 Å². The molecule has 0 heterocycles. The van der Waals surface area contributed by atoms with Gasteiger partial charge in [0.25, 0.3) is 0 Å². The fraction of sp³-hybridized carbons (Fsp3) is 0.440. The minimum Gasteiger partial charge on any atom is -0.352 e. The summed E-state index contributed by atoms with van der Waals surface area (Å²) in [6.07, 6.45) is 1.30. The van der Waals surface area contributed by atoms with Crippen molar-refractivity contribution in [2.24, 2.45) is 0 Å². The highest BCUT2D eigenvalue weighted by Gasteiger charge is 2.23. The summed E-state index contributed by atoms with van der Waals surface area (Å²) >= 11 is 0. The second kappa shape index (κ2) is 11.4. The molecule has 0 aliphatic heterocycles. The highest BCUT2D eigenvalue weighted by atomic mass is 32.2. The van der Waals surface area contributed by atoms with Gasteiger partial charge in [0.05, 0.1) is 4.90 Å². The van der Waals surface area contributed by atoms with Gasteiger partial charge in [-0.1, -0.05) is 19.1 Å². The van der Waals surface area contributed by atoms with Crippen molar-refractivity contribution in [3.63, 3.8) is 0 Å². The van der Waals surface area contributed by atoms with Crippen LogP contribution in [0.25, 0.3) is 0 Å². The molecule has 0 radical (unpaired) electrons. The van der Waals surface area contributed by atoms with Crippen LogP contribution in [0.4, 0.5) is 5.69 Å². The third-order valence-corrected chi connectivity index (χ3v) is 7.78. The highest BCUT2D eigenvalue weighted by Crippen LogP contribution is 2.29. The number of sulfonamides is 1. The molecule has 33 heavy (non-hydrogen) atoms. The van der Waals surface area contributed by atoms with Crippen molar-refractivity contribution in [2.45, 2.75) is 72.2 Å². The van der Waals surface area contributed by atoms with Crippen LogP contribution in [-0.2, 0) is 26.2 Å². The molecule has 0 atom stereocenters. The summed E-state index contributed by atoms with van der Waals surface area (Å²) in [5.74, 6) is -0.273. The van der Waals surface area contributed by atoms with Crippen LogP contribution in [0.2, 0.25) is 0 Å². The molecule has 0 spiro atoms. The molecule has 0 saturated carbocycles. The molecule has 0 aliphatic carbocycles. The first kappa shape index (κ1) is 26.5. The van der Waals surface area contributed by atoms with Crippen LogP contribution in [0.15, 0.2) is 29.2 Å². The number of hydrogen-bond acceptors (Lipinski definition) is 4. The lowest BCUT2D eigenvalue weighted by molar-refractivity contribution is -0.121. The van der Waals surface area contributed by atoms with Gasteiger partial charge in [0.1, 0.15) is 0 Å². The number of benzene rings is 2. The minimum atomic E-state index is -3.73. The Morgan fingerprint density at radius 1 is 0.788 bits per heavy atom. The maximum Gasteiger partial charge on any atom is 0.241 e. The van der Waals surface area contributed by atoms with Crippen LogP contribution in [0.5, 0.6) is 0 Å². The molecule has 3 N–H and O–H groups in total. The molecule has 2 aromatic carbocycles. The molecule has 0 aromatic heterocycles. The Bertz CT molecular complexity index is 1090. The fourth-order valence-corrected chi connectivity index (χ4v) is 5.31. The van der Waals surface area contributed by atoms with Crippen molar-refractivity contribution in [3.05, 3.63) is 57.6 Å². The van der Waals surface area contributed by atoms with E-state index in [1.54, 1.807) is 12.1 Å². The number of hydrogen-bond donors (Lipinski definition) is 3. The van der Waals surface area contributed by atoms with Crippen LogP contribution in [0, 0.1) is 34.6 Å². The van der Waals surface area contributed by atoms with E-state index in [9.17, 15) is 18.0 Å². The van der Waals surface area contributed by atoms with Crippen LogP contribution in [0.1, 0.15) is 59.6 Å². The maximum atomic E-state index is 12.9. The van der Waals surface area contributed by atoms with E-state index in [1.807, 2.05) is 53.7 Å². The Morgan fingerprint density at radius 2 is 1.33 bits per heavy atom. The predicted molar refractivity (Wildman–Crippen MR) is 132 cm³/mol. The van der Waals surface area contributed by atoms with Crippen molar-refractivity contribution in [1.82, 2.24) is 10.0 Å². The number of rotatable bonds is 10. The van der Waals surface area contributed by atoms with Crippen molar-refractivity contribution < 1.29 is 18.0 Å². The summed E-state index contributed by atoms with van der Waals surface area (Å²) < 4.78 is 28.4. The van der Waals surface area contributed by atoms with Gasteiger partial charge in [0.15, 0.2) is 0 Å². The first-order valence-corrected chi connectivity index (χ1v) is 12.7. The molecule has 180 valence electrons. The molecular formula is C25H35N3O4S. The zero-order valence-electron chi connectivity index (χ0n) is 20.4. The van der Waals surface area contributed by atoms with Gasteiger partial charge < -0.3 is 10.6 Å². The molecule has 2 aromatic rings. The fourth-order valence-electron chi connectivity index (χ4n) is 3.69. The minimum absolute atomic E-state index is 0.0153. The van der Waals surface area contributed by atoms with Crippen molar-refractivity contribution in [2.75, 3.05) is 11.9 Å². The third-order valence-electron chi connectivity index (χ3n) is 6.05. The Kier molecular flexibility index (Phi) is 9.19. The largest absolute Gasteiger partial charge is 0.352 e. The van der Waals surface area contributed by atoms with Crippen LogP contribution >= 0.6 is 0 Å². The quantitative estimate of drug-likeness (QED) is 0.486. The number of amides is 2. The van der Waals surface area contributed by atoms with E-state index >= 15 is 0 Å². The number of anilines is 1. The van der Waals surface area contributed by atoms with Gasteiger partial charge in [0, 0.05) is 31.6 Å². The summed E-state index contributed by atoms with van der Waals surface area (Å²) in [5.41, 5.74) is 6.10. The Morgan fingerprint density at radius 3 is 1.88 bits per heavy atom. The Balaban J connectivity index is 1.89. The lowest BCUT2D eigenvalue weighted by atomic mass is 9.95. The smallest absolute Gasteiger partial charge is 0.241 e. The zero-order valence-corrected chi connectivity index (χ0v) is 21.2. The molecule has 0 bridgehead atoms. The molecule has 0 fully saturated rings. The summed E-state index contributed by atoms with van der Waals surface area (Å²) in [5, 5.41) is 5.61. The van der Waals surface area contributed by atoms with Gasteiger partial charge in [-0.2, -0.15) is 0 Å². The van der Waals surface area contributed by atoms with E-state index in [4.69, 9.17) is 0 Å². The van der Waals surface area contributed by atoms with Crippen LogP contribution in [-0.4, -0.2) is 26.8 Å². The van der Waals surface area contributed by atoms with Gasteiger partial charge in [0.2, 0.25) is 21.8 Å². The van der Waals surface area contributed by atoms with Crippen molar-refractivity contribution in [3.8, 4) is 0 Å². The van der Waals surface area contributed by atoms with Gasteiger partial charge in [-0.05, 0) is 86.6 Å². The Labute approximate surface area is 197 Å². The zero-order chi connectivity index (χ0) is 24.8. The van der Waals surface area contributed by atoms with Gasteiger partial charge in [-0.3, -0.25) is 9.59 Å². The van der Waals surface area contributed by atoms with E-state index in [0.717, 1.165) is 39.8 Å². The lowest BCUT2D eigenvalue weighted by Crippen LogP contribution is -2.31. The standard InChI is InChI=1S/C25H35N3O4S/c1-7-8-24(30)28-22-11-9-21(10-12-22)15-26-23(29)13-14-27-33(31,32)25-19(5)17(3)16(2)18(4)20(25)6/h9-12,27H,7-8,13-15H2,1-6H3,(H,26,29)(H,28,30). The maximum absolute atomic E-state index is 12.9. The average molecular weight is 474 g/mol. The summed E-state index contributed by atoms with van der Waals surface area (Å²) in [7, 11) is -3.73. The number of carbonyl (C=O) groups excluding carboxylic acids is 2. The third kappa shape index (κ3) is 6.88. The van der Waals surface area contributed by atoms with Crippen LogP contribution < -0.4 is 15.4 Å². The second-order valence-corrected chi connectivity index (χ2v) is 10.1. The molecule has 2 rings (SSSR count). The van der Waals surface area contributed by atoms with E-state index in [2.05, 4.69) is 15.4 Å². The van der Waals surface area contributed by atoms with Gasteiger partial charge in [-0.25, -0.2) is 13.1 Å². The number of carbonyl (C=O) groups is 2. The monoisotopic (exact) mass is 473 g/mol. The van der Waals surface area contributed by atoms with Gasteiger partial charge >= 0.3 is 0 Å².